The Morgan fingerprint density at radius 1 is 1.30 bits per heavy atom. The van der Waals surface area contributed by atoms with Crippen LogP contribution in [0.25, 0.3) is 0 Å². The molecule has 0 radical (unpaired) electrons. The third-order valence-corrected chi connectivity index (χ3v) is 4.02. The van der Waals surface area contributed by atoms with Crippen LogP contribution in [-0.2, 0) is 19.1 Å². The van der Waals surface area contributed by atoms with Gasteiger partial charge in [-0.25, -0.2) is 4.79 Å². The Kier molecular flexibility index (Phi) is 6.75. The molecule has 0 aromatic heterocycles. The summed E-state index contributed by atoms with van der Waals surface area (Å²) in [6.07, 6.45) is -0.0200. The van der Waals surface area contributed by atoms with Gasteiger partial charge in [-0.2, -0.15) is 0 Å². The number of carbonyl (C=O) groups is 4. The molecule has 0 saturated carbocycles. The number of methoxy groups -OCH3 is 1. The van der Waals surface area contributed by atoms with E-state index in [1.54, 1.807) is 13.0 Å². The third-order valence-electron chi connectivity index (χ3n) is 4.02. The lowest BCUT2D eigenvalue weighted by atomic mass is 10.1. The molecule has 1 aliphatic heterocycles. The summed E-state index contributed by atoms with van der Waals surface area (Å²) in [6.45, 7) is 3.50. The first-order valence-corrected chi connectivity index (χ1v) is 8.55. The summed E-state index contributed by atoms with van der Waals surface area (Å²) in [6, 6.07) is 4.77. The minimum Gasteiger partial charge on any atom is -0.495 e. The second-order valence-corrected chi connectivity index (χ2v) is 6.10. The molecule has 0 spiro atoms. The number of hydrogen-bond acceptors (Lipinski definition) is 6. The highest BCUT2D eigenvalue weighted by atomic mass is 16.5. The van der Waals surface area contributed by atoms with Crippen LogP contribution in [-0.4, -0.2) is 50.6 Å². The van der Waals surface area contributed by atoms with Gasteiger partial charge < -0.3 is 19.7 Å². The van der Waals surface area contributed by atoms with Gasteiger partial charge in [0.05, 0.1) is 18.7 Å². The predicted molar refractivity (Wildman–Crippen MR) is 96.4 cm³/mol. The first-order chi connectivity index (χ1) is 12.8. The van der Waals surface area contributed by atoms with Crippen LogP contribution in [0.15, 0.2) is 18.2 Å². The Hall–Kier alpha value is -3.10. The lowest BCUT2D eigenvalue weighted by Crippen LogP contribution is -2.41. The van der Waals surface area contributed by atoms with Gasteiger partial charge in [0.1, 0.15) is 5.75 Å². The highest BCUT2D eigenvalue weighted by Crippen LogP contribution is 2.34. The molecule has 1 aromatic carbocycles. The van der Waals surface area contributed by atoms with Gasteiger partial charge in [0.2, 0.25) is 5.91 Å². The standard InChI is InChI=1S/C18H23N3O6/c1-4-19-18(25)20-15(22)10-27-17(24)12-8-16(23)21(9-12)13-7-11(2)5-6-14(13)26-3/h5-7,12H,4,8-10H2,1-3H3,(H2,19,20,22,25)/t12-/m1/s1. The van der Waals surface area contributed by atoms with Crippen molar-refractivity contribution in [3.05, 3.63) is 23.8 Å². The molecule has 1 heterocycles. The molecule has 1 saturated heterocycles. The van der Waals surface area contributed by atoms with Crippen molar-refractivity contribution in [3.8, 4) is 5.75 Å². The van der Waals surface area contributed by atoms with E-state index in [1.165, 1.54) is 12.0 Å². The maximum Gasteiger partial charge on any atom is 0.321 e. The third kappa shape index (κ3) is 5.19. The van der Waals surface area contributed by atoms with Crippen LogP contribution in [0.5, 0.6) is 5.75 Å². The number of rotatable bonds is 6. The molecule has 4 amide bonds. The van der Waals surface area contributed by atoms with Crippen molar-refractivity contribution >= 4 is 29.5 Å². The molecule has 0 bridgehead atoms. The molecule has 1 fully saturated rings. The van der Waals surface area contributed by atoms with Gasteiger partial charge in [-0.3, -0.25) is 19.7 Å². The molecular formula is C18H23N3O6. The largest absolute Gasteiger partial charge is 0.495 e. The van der Waals surface area contributed by atoms with Crippen molar-refractivity contribution in [2.75, 3.05) is 31.7 Å². The Labute approximate surface area is 157 Å². The van der Waals surface area contributed by atoms with E-state index in [9.17, 15) is 19.2 Å². The van der Waals surface area contributed by atoms with Gasteiger partial charge in [0.25, 0.3) is 5.91 Å². The van der Waals surface area contributed by atoms with E-state index in [1.807, 2.05) is 24.4 Å². The van der Waals surface area contributed by atoms with E-state index in [4.69, 9.17) is 9.47 Å². The Balaban J connectivity index is 1.95. The van der Waals surface area contributed by atoms with Crippen molar-refractivity contribution < 1.29 is 28.7 Å². The van der Waals surface area contributed by atoms with Gasteiger partial charge in [-0.1, -0.05) is 6.07 Å². The molecule has 27 heavy (non-hydrogen) atoms. The number of carbonyl (C=O) groups excluding carboxylic acids is 4. The monoisotopic (exact) mass is 377 g/mol. The summed E-state index contributed by atoms with van der Waals surface area (Å²) in [5.74, 6) is -1.80. The van der Waals surface area contributed by atoms with Crippen molar-refractivity contribution in [2.24, 2.45) is 5.92 Å². The molecule has 1 aromatic rings. The van der Waals surface area contributed by atoms with Gasteiger partial charge >= 0.3 is 12.0 Å². The number of nitrogens with one attached hydrogen (secondary N) is 2. The Morgan fingerprint density at radius 3 is 2.70 bits per heavy atom. The van der Waals surface area contributed by atoms with E-state index in [2.05, 4.69) is 5.32 Å². The topological polar surface area (TPSA) is 114 Å². The van der Waals surface area contributed by atoms with Gasteiger partial charge in [0, 0.05) is 19.5 Å². The molecule has 1 atom stereocenters. The Morgan fingerprint density at radius 2 is 2.04 bits per heavy atom. The van der Waals surface area contributed by atoms with Crippen LogP contribution in [0.2, 0.25) is 0 Å². The number of nitrogens with zero attached hydrogens (tertiary/aromatic N) is 1. The van der Waals surface area contributed by atoms with Crippen molar-refractivity contribution in [1.82, 2.24) is 10.6 Å². The molecule has 2 N–H and O–H groups in total. The van der Waals surface area contributed by atoms with Crippen LogP contribution in [0.3, 0.4) is 0 Å². The molecule has 1 aliphatic rings. The second-order valence-electron chi connectivity index (χ2n) is 6.10. The van der Waals surface area contributed by atoms with Gasteiger partial charge in [0.15, 0.2) is 6.61 Å². The van der Waals surface area contributed by atoms with Crippen LogP contribution < -0.4 is 20.3 Å². The van der Waals surface area contributed by atoms with Crippen LogP contribution >= 0.6 is 0 Å². The number of ether oxygens (including phenoxy) is 2. The fourth-order valence-corrected chi connectivity index (χ4v) is 2.73. The van der Waals surface area contributed by atoms with E-state index < -0.39 is 30.4 Å². The summed E-state index contributed by atoms with van der Waals surface area (Å²) in [7, 11) is 1.51. The van der Waals surface area contributed by atoms with Gasteiger partial charge in [-0.05, 0) is 31.5 Å². The maximum atomic E-state index is 12.4. The zero-order valence-electron chi connectivity index (χ0n) is 15.5. The number of benzene rings is 1. The molecule has 9 heteroatoms. The van der Waals surface area contributed by atoms with E-state index in [-0.39, 0.29) is 18.9 Å². The highest BCUT2D eigenvalue weighted by Gasteiger charge is 2.37. The average molecular weight is 377 g/mol. The lowest BCUT2D eigenvalue weighted by molar-refractivity contribution is -0.152. The summed E-state index contributed by atoms with van der Waals surface area (Å²) in [4.78, 5) is 48.8. The minimum absolute atomic E-state index is 0.0200. The lowest BCUT2D eigenvalue weighted by Gasteiger charge is -2.20. The van der Waals surface area contributed by atoms with E-state index in [0.29, 0.717) is 18.0 Å². The fourth-order valence-electron chi connectivity index (χ4n) is 2.73. The minimum atomic E-state index is -0.740. The summed E-state index contributed by atoms with van der Waals surface area (Å²) < 4.78 is 10.2. The van der Waals surface area contributed by atoms with Crippen LogP contribution in [0.1, 0.15) is 18.9 Å². The number of anilines is 1. The number of aryl methyl sites for hydroxylation is 1. The van der Waals surface area contributed by atoms with Crippen LogP contribution in [0, 0.1) is 12.8 Å². The van der Waals surface area contributed by atoms with Crippen molar-refractivity contribution in [3.63, 3.8) is 0 Å². The van der Waals surface area contributed by atoms with E-state index >= 15 is 0 Å². The quantitative estimate of drug-likeness (QED) is 0.707. The second kappa shape index (κ2) is 9.02. The maximum absolute atomic E-state index is 12.4. The average Bonchev–Trinajstić information content (AvgIpc) is 3.01. The number of urea groups is 1. The normalized spacial score (nSPS) is 16.0. The molecule has 9 nitrogen and oxygen atoms in total. The SMILES string of the molecule is CCNC(=O)NC(=O)COC(=O)[C@@H]1CC(=O)N(c2cc(C)ccc2OC)C1. The highest BCUT2D eigenvalue weighted by molar-refractivity contribution is 6.01. The fraction of sp³-hybridized carbons (Fsp3) is 0.444. The zero-order valence-corrected chi connectivity index (χ0v) is 15.5. The summed E-state index contributed by atoms with van der Waals surface area (Å²) in [5, 5.41) is 4.42. The first kappa shape index (κ1) is 20.2. The first-order valence-electron chi connectivity index (χ1n) is 8.55. The zero-order chi connectivity index (χ0) is 20.0. The van der Waals surface area contributed by atoms with E-state index in [0.717, 1.165) is 5.56 Å². The number of amides is 4. The Bertz CT molecular complexity index is 749. The summed E-state index contributed by atoms with van der Waals surface area (Å²) >= 11 is 0. The predicted octanol–water partition coefficient (Wildman–Crippen LogP) is 0.745. The van der Waals surface area contributed by atoms with Crippen LogP contribution in [0.4, 0.5) is 10.5 Å². The number of imide groups is 1. The smallest absolute Gasteiger partial charge is 0.321 e. The molecule has 146 valence electrons. The summed E-state index contributed by atoms with van der Waals surface area (Å²) in [5.41, 5.74) is 1.54. The van der Waals surface area contributed by atoms with Crippen molar-refractivity contribution in [1.29, 1.82) is 0 Å². The van der Waals surface area contributed by atoms with Crippen molar-refractivity contribution in [2.45, 2.75) is 20.3 Å². The number of esters is 1. The molecular weight excluding hydrogens is 354 g/mol. The number of hydrogen-bond donors (Lipinski definition) is 2. The molecule has 0 unspecified atom stereocenters. The molecule has 0 aliphatic carbocycles. The van der Waals surface area contributed by atoms with Gasteiger partial charge in [-0.15, -0.1) is 0 Å². The molecule has 2 rings (SSSR count).